The molecule has 0 atom stereocenters. The van der Waals surface area contributed by atoms with Gasteiger partial charge < -0.3 is 0 Å². The largest absolute Gasteiger partial charge is 0.256 e. The summed E-state index contributed by atoms with van der Waals surface area (Å²) in [4.78, 5) is 4.07. The van der Waals surface area contributed by atoms with Crippen molar-refractivity contribution in [2.24, 2.45) is 4.99 Å². The number of halogens is 4. The molecule has 5 heteroatoms. The predicted molar refractivity (Wildman–Crippen MR) is 94.0 cm³/mol. The molecule has 0 spiro atoms. The lowest BCUT2D eigenvalue weighted by atomic mass is 9.98. The molecule has 0 aromatic heterocycles. The second-order valence-corrected chi connectivity index (χ2v) is 5.90. The van der Waals surface area contributed by atoms with E-state index in [1.165, 1.54) is 0 Å². The van der Waals surface area contributed by atoms with Crippen LogP contribution in [-0.4, -0.2) is 6.21 Å². The molecule has 0 saturated carbocycles. The number of hydrogen-bond acceptors (Lipinski definition) is 1. The van der Waals surface area contributed by atoms with Gasteiger partial charge in [0.05, 0.1) is 5.69 Å². The Kier molecular flexibility index (Phi) is 5.16. The van der Waals surface area contributed by atoms with Gasteiger partial charge in [0.1, 0.15) is 0 Å². The summed E-state index contributed by atoms with van der Waals surface area (Å²) in [7, 11) is 0. The standard InChI is InChI=1S/C21H15F4N/c1-13-7-9-15(10-8-13)26-12-17-16(11-14-5-3-2-4-6-14)18(22)20(24)21(25)19(17)23/h2-10,12H,11H2,1H3. The smallest absolute Gasteiger partial charge is 0.198 e. The summed E-state index contributed by atoms with van der Waals surface area (Å²) in [5.41, 5.74) is 1.47. The fraction of sp³-hybridized carbons (Fsp3) is 0.0952. The van der Waals surface area contributed by atoms with Gasteiger partial charge in [-0.15, -0.1) is 0 Å². The highest BCUT2D eigenvalue weighted by Crippen LogP contribution is 2.26. The highest BCUT2D eigenvalue weighted by Gasteiger charge is 2.24. The van der Waals surface area contributed by atoms with Crippen molar-refractivity contribution in [3.63, 3.8) is 0 Å². The zero-order valence-corrected chi connectivity index (χ0v) is 13.9. The molecule has 0 radical (unpaired) electrons. The monoisotopic (exact) mass is 357 g/mol. The number of aryl methyl sites for hydroxylation is 1. The van der Waals surface area contributed by atoms with Gasteiger partial charge in [0, 0.05) is 23.8 Å². The lowest BCUT2D eigenvalue weighted by molar-refractivity contribution is 0.404. The summed E-state index contributed by atoms with van der Waals surface area (Å²) in [5, 5.41) is 0. The summed E-state index contributed by atoms with van der Waals surface area (Å²) in [5.74, 6) is -6.52. The lowest BCUT2D eigenvalue weighted by Crippen LogP contribution is -2.09. The molecule has 0 aliphatic carbocycles. The van der Waals surface area contributed by atoms with E-state index >= 15 is 0 Å². The Morgan fingerprint density at radius 2 is 1.38 bits per heavy atom. The van der Waals surface area contributed by atoms with Crippen LogP contribution in [0.15, 0.2) is 59.6 Å². The van der Waals surface area contributed by atoms with Gasteiger partial charge in [-0.05, 0) is 24.6 Å². The van der Waals surface area contributed by atoms with Crippen LogP contribution in [0.1, 0.15) is 22.3 Å². The Hall–Kier alpha value is -2.95. The molecular weight excluding hydrogens is 342 g/mol. The molecule has 1 nitrogen and oxygen atoms in total. The molecule has 0 amide bonds. The Labute approximate surface area is 148 Å². The molecule has 0 N–H and O–H groups in total. The van der Waals surface area contributed by atoms with Crippen molar-refractivity contribution in [2.45, 2.75) is 13.3 Å². The van der Waals surface area contributed by atoms with Crippen molar-refractivity contribution >= 4 is 11.9 Å². The van der Waals surface area contributed by atoms with Gasteiger partial charge in [-0.25, -0.2) is 17.6 Å². The highest BCUT2D eigenvalue weighted by molar-refractivity contribution is 5.84. The van der Waals surface area contributed by atoms with E-state index in [4.69, 9.17) is 0 Å². The molecule has 0 fully saturated rings. The summed E-state index contributed by atoms with van der Waals surface area (Å²) in [6.45, 7) is 1.90. The fourth-order valence-electron chi connectivity index (χ4n) is 2.57. The van der Waals surface area contributed by atoms with Crippen molar-refractivity contribution in [3.8, 4) is 0 Å². The van der Waals surface area contributed by atoms with E-state index < -0.39 is 28.8 Å². The number of aliphatic imine (C=N–C) groups is 1. The van der Waals surface area contributed by atoms with Crippen LogP contribution in [0.2, 0.25) is 0 Å². The third-order valence-electron chi connectivity index (χ3n) is 4.01. The van der Waals surface area contributed by atoms with Gasteiger partial charge in [0.15, 0.2) is 23.3 Å². The zero-order valence-electron chi connectivity index (χ0n) is 13.9. The molecule has 0 saturated heterocycles. The van der Waals surface area contributed by atoms with Crippen molar-refractivity contribution in [3.05, 3.63) is 100 Å². The van der Waals surface area contributed by atoms with Crippen molar-refractivity contribution in [1.29, 1.82) is 0 Å². The maximum absolute atomic E-state index is 14.3. The molecule has 0 bridgehead atoms. The maximum atomic E-state index is 14.3. The van der Waals surface area contributed by atoms with Crippen LogP contribution in [0, 0.1) is 30.2 Å². The van der Waals surface area contributed by atoms with E-state index in [0.717, 1.165) is 11.8 Å². The molecule has 132 valence electrons. The predicted octanol–water partition coefficient (Wildman–Crippen LogP) is 5.89. The summed E-state index contributed by atoms with van der Waals surface area (Å²) in [6, 6.07) is 15.6. The Balaban J connectivity index is 2.08. The van der Waals surface area contributed by atoms with E-state index in [2.05, 4.69) is 4.99 Å². The summed E-state index contributed by atoms with van der Waals surface area (Å²) < 4.78 is 56.0. The van der Waals surface area contributed by atoms with Crippen molar-refractivity contribution in [1.82, 2.24) is 0 Å². The van der Waals surface area contributed by atoms with Gasteiger partial charge in [0.2, 0.25) is 0 Å². The van der Waals surface area contributed by atoms with Crippen LogP contribution in [0.4, 0.5) is 23.2 Å². The van der Waals surface area contributed by atoms with E-state index in [1.807, 2.05) is 6.92 Å². The van der Waals surface area contributed by atoms with Crippen LogP contribution in [0.3, 0.4) is 0 Å². The van der Waals surface area contributed by atoms with Crippen LogP contribution < -0.4 is 0 Å². The lowest BCUT2D eigenvalue weighted by Gasteiger charge is -2.11. The quantitative estimate of drug-likeness (QED) is 0.239. The zero-order chi connectivity index (χ0) is 18.7. The SMILES string of the molecule is Cc1ccc(N=Cc2c(F)c(F)c(F)c(F)c2Cc2ccccc2)cc1. The number of hydrogen-bond donors (Lipinski definition) is 0. The minimum Gasteiger partial charge on any atom is -0.256 e. The van der Waals surface area contributed by atoms with Crippen molar-refractivity contribution < 1.29 is 17.6 Å². The molecule has 0 aliphatic rings. The average molecular weight is 357 g/mol. The third-order valence-corrected chi connectivity index (χ3v) is 4.01. The summed E-state index contributed by atoms with van der Waals surface area (Å²) >= 11 is 0. The van der Waals surface area contributed by atoms with E-state index in [0.29, 0.717) is 11.3 Å². The van der Waals surface area contributed by atoms with E-state index in [9.17, 15) is 17.6 Å². The Morgan fingerprint density at radius 1 is 0.769 bits per heavy atom. The first-order valence-corrected chi connectivity index (χ1v) is 7.97. The number of rotatable bonds is 4. The molecule has 0 heterocycles. The minimum atomic E-state index is -1.84. The topological polar surface area (TPSA) is 12.4 Å². The van der Waals surface area contributed by atoms with Crippen LogP contribution in [-0.2, 0) is 6.42 Å². The Morgan fingerprint density at radius 3 is 2.04 bits per heavy atom. The van der Waals surface area contributed by atoms with Gasteiger partial charge in [-0.3, -0.25) is 4.99 Å². The first kappa shape index (κ1) is 17.9. The Bertz CT molecular complexity index is 948. The molecular formula is C21H15F4N. The molecule has 0 aliphatic heterocycles. The fourth-order valence-corrected chi connectivity index (χ4v) is 2.57. The number of nitrogens with zero attached hydrogens (tertiary/aromatic N) is 1. The molecule has 3 aromatic carbocycles. The van der Waals surface area contributed by atoms with Crippen LogP contribution in [0.5, 0.6) is 0 Å². The second-order valence-electron chi connectivity index (χ2n) is 5.90. The minimum absolute atomic E-state index is 0.0873. The third kappa shape index (κ3) is 3.67. The second kappa shape index (κ2) is 7.52. The molecule has 3 aromatic rings. The first-order chi connectivity index (χ1) is 12.5. The average Bonchev–Trinajstić information content (AvgIpc) is 2.66. The van der Waals surface area contributed by atoms with Gasteiger partial charge >= 0.3 is 0 Å². The number of benzene rings is 3. The first-order valence-electron chi connectivity index (χ1n) is 7.97. The summed E-state index contributed by atoms with van der Waals surface area (Å²) in [6.07, 6.45) is 0.944. The highest BCUT2D eigenvalue weighted by atomic mass is 19.2. The molecule has 26 heavy (non-hydrogen) atoms. The van der Waals surface area contributed by atoms with Crippen molar-refractivity contribution in [2.75, 3.05) is 0 Å². The molecule has 3 rings (SSSR count). The van der Waals surface area contributed by atoms with Crippen LogP contribution in [0.25, 0.3) is 0 Å². The normalized spacial score (nSPS) is 11.3. The van der Waals surface area contributed by atoms with E-state index in [-0.39, 0.29) is 12.0 Å². The van der Waals surface area contributed by atoms with Gasteiger partial charge in [-0.2, -0.15) is 0 Å². The van der Waals surface area contributed by atoms with Gasteiger partial charge in [0.25, 0.3) is 0 Å². The van der Waals surface area contributed by atoms with Gasteiger partial charge in [-0.1, -0.05) is 48.0 Å². The van der Waals surface area contributed by atoms with Crippen LogP contribution >= 0.6 is 0 Å². The maximum Gasteiger partial charge on any atom is 0.198 e. The van der Waals surface area contributed by atoms with E-state index in [1.54, 1.807) is 54.6 Å². The molecule has 0 unspecified atom stereocenters.